The van der Waals surface area contributed by atoms with Crippen LogP contribution in [-0.2, 0) is 6.54 Å². The number of nitrogens with one attached hydrogen (secondary N) is 1. The van der Waals surface area contributed by atoms with Crippen molar-refractivity contribution in [3.05, 3.63) is 26.6 Å². The fraction of sp³-hybridized carbons (Fsp3) is 0.600. The summed E-state index contributed by atoms with van der Waals surface area (Å²) in [6, 6.07) is 4.79. The van der Waals surface area contributed by atoms with Crippen LogP contribution in [0.2, 0.25) is 0 Å². The highest BCUT2D eigenvalue weighted by atomic mass is 79.9. The monoisotopic (exact) mass is 402 g/mol. The highest BCUT2D eigenvalue weighted by Gasteiger charge is 2.33. The molecule has 0 aromatic heterocycles. The average molecular weight is 404 g/mol. The first-order valence-electron chi connectivity index (χ1n) is 7.15. The van der Waals surface area contributed by atoms with Crippen LogP contribution in [0.15, 0.2) is 21.1 Å². The van der Waals surface area contributed by atoms with E-state index in [0.29, 0.717) is 6.04 Å². The highest BCUT2D eigenvalue weighted by Crippen LogP contribution is 2.33. The molecular formula is C15H20Br2N2O. The number of nitrogens with zero attached hydrogens (tertiary/aromatic N) is 1. The van der Waals surface area contributed by atoms with Gasteiger partial charge >= 0.3 is 0 Å². The second kappa shape index (κ2) is 6.34. The summed E-state index contributed by atoms with van der Waals surface area (Å²) in [5, 5.41) is 3.74. The lowest BCUT2D eigenvalue weighted by molar-refractivity contribution is 0.0719. The molecule has 5 heteroatoms. The normalized spacial score (nSPS) is 28.6. The summed E-state index contributed by atoms with van der Waals surface area (Å²) in [7, 11) is 1.73. The lowest BCUT2D eigenvalue weighted by Gasteiger charge is -2.45. The summed E-state index contributed by atoms with van der Waals surface area (Å²) in [5.41, 5.74) is 1.20. The van der Waals surface area contributed by atoms with Crippen molar-refractivity contribution in [1.29, 1.82) is 0 Å². The van der Waals surface area contributed by atoms with Crippen molar-refractivity contribution in [2.75, 3.05) is 26.7 Å². The van der Waals surface area contributed by atoms with Crippen molar-refractivity contribution in [2.45, 2.75) is 25.4 Å². The molecule has 1 unspecified atom stereocenters. The predicted molar refractivity (Wildman–Crippen MR) is 88.2 cm³/mol. The Kier molecular flexibility index (Phi) is 4.70. The average Bonchev–Trinajstić information content (AvgIpc) is 2.46. The van der Waals surface area contributed by atoms with Gasteiger partial charge in [-0.05, 0) is 59.9 Å². The maximum atomic E-state index is 5.51. The molecule has 20 heavy (non-hydrogen) atoms. The first-order valence-corrected chi connectivity index (χ1v) is 8.73. The van der Waals surface area contributed by atoms with E-state index in [1.807, 2.05) is 6.07 Å². The van der Waals surface area contributed by atoms with Gasteiger partial charge in [0.05, 0.1) is 11.6 Å². The Morgan fingerprint density at radius 1 is 1.30 bits per heavy atom. The van der Waals surface area contributed by atoms with Gasteiger partial charge in [0.1, 0.15) is 5.75 Å². The molecule has 3 fully saturated rings. The van der Waals surface area contributed by atoms with E-state index in [1.54, 1.807) is 7.11 Å². The fourth-order valence-electron chi connectivity index (χ4n) is 3.41. The zero-order valence-electron chi connectivity index (χ0n) is 11.7. The number of hydrogen-bond acceptors (Lipinski definition) is 3. The third kappa shape index (κ3) is 3.06. The third-order valence-electron chi connectivity index (χ3n) is 4.50. The van der Waals surface area contributed by atoms with Crippen molar-refractivity contribution >= 4 is 31.9 Å². The largest absolute Gasteiger partial charge is 0.495 e. The molecule has 0 radical (unpaired) electrons. The molecule has 1 aromatic rings. The number of piperidine rings is 3. The molecule has 3 aliphatic rings. The van der Waals surface area contributed by atoms with Crippen molar-refractivity contribution in [3.8, 4) is 5.75 Å². The van der Waals surface area contributed by atoms with E-state index in [1.165, 1.54) is 38.0 Å². The minimum absolute atomic E-state index is 0.625. The van der Waals surface area contributed by atoms with Gasteiger partial charge in [-0.1, -0.05) is 15.9 Å². The van der Waals surface area contributed by atoms with Gasteiger partial charge in [0, 0.05) is 29.2 Å². The van der Waals surface area contributed by atoms with Gasteiger partial charge in [0.25, 0.3) is 0 Å². The van der Waals surface area contributed by atoms with Gasteiger partial charge in [0.15, 0.2) is 0 Å². The Bertz CT molecular complexity index is 487. The van der Waals surface area contributed by atoms with Crippen molar-refractivity contribution < 1.29 is 4.74 Å². The lowest BCUT2D eigenvalue weighted by atomic mass is 9.84. The summed E-state index contributed by atoms with van der Waals surface area (Å²) in [6.07, 6.45) is 2.69. The maximum absolute atomic E-state index is 5.51. The first-order chi connectivity index (χ1) is 9.67. The van der Waals surface area contributed by atoms with Crippen molar-refractivity contribution in [2.24, 2.45) is 5.92 Å². The summed E-state index contributed by atoms with van der Waals surface area (Å²) in [4.78, 5) is 2.58. The molecule has 3 saturated heterocycles. The number of methoxy groups -OCH3 is 1. The van der Waals surface area contributed by atoms with Crippen LogP contribution in [0.4, 0.5) is 0 Å². The molecule has 3 aliphatic heterocycles. The van der Waals surface area contributed by atoms with Crippen LogP contribution in [0.5, 0.6) is 5.75 Å². The van der Waals surface area contributed by atoms with Crippen LogP contribution >= 0.6 is 31.9 Å². The zero-order valence-corrected chi connectivity index (χ0v) is 14.8. The molecule has 3 nitrogen and oxygen atoms in total. The van der Waals surface area contributed by atoms with Gasteiger partial charge in [0.2, 0.25) is 0 Å². The van der Waals surface area contributed by atoms with Crippen LogP contribution in [0.1, 0.15) is 18.4 Å². The first kappa shape index (κ1) is 14.8. The predicted octanol–water partition coefficient (Wildman–Crippen LogP) is 3.40. The maximum Gasteiger partial charge on any atom is 0.137 e. The fourth-order valence-corrected chi connectivity index (χ4v) is 4.89. The van der Waals surface area contributed by atoms with E-state index in [4.69, 9.17) is 4.74 Å². The number of benzene rings is 1. The zero-order chi connectivity index (χ0) is 14.1. The number of halogens is 2. The van der Waals surface area contributed by atoms with E-state index in [9.17, 15) is 0 Å². The quantitative estimate of drug-likeness (QED) is 0.833. The smallest absolute Gasteiger partial charge is 0.137 e. The molecule has 110 valence electrons. The van der Waals surface area contributed by atoms with E-state index < -0.39 is 0 Å². The molecule has 0 aliphatic carbocycles. The van der Waals surface area contributed by atoms with Crippen molar-refractivity contribution in [3.63, 3.8) is 0 Å². The van der Waals surface area contributed by atoms with E-state index in [-0.39, 0.29) is 0 Å². The Hall–Kier alpha value is -0.100. The number of hydrogen-bond donors (Lipinski definition) is 1. The van der Waals surface area contributed by atoms with Gasteiger partial charge in [-0.2, -0.15) is 0 Å². The van der Waals surface area contributed by atoms with E-state index >= 15 is 0 Å². The van der Waals surface area contributed by atoms with E-state index in [2.05, 4.69) is 48.1 Å². The van der Waals surface area contributed by atoms with Gasteiger partial charge in [-0.25, -0.2) is 0 Å². The molecule has 2 bridgehead atoms. The SMILES string of the molecule is COc1c(Br)cc(Br)cc1CNC1CN2CCC1CC2. The highest BCUT2D eigenvalue weighted by molar-refractivity contribution is 9.11. The van der Waals surface area contributed by atoms with Crippen molar-refractivity contribution in [1.82, 2.24) is 10.2 Å². The van der Waals surface area contributed by atoms with Gasteiger partial charge in [-0.15, -0.1) is 0 Å². The molecule has 1 atom stereocenters. The number of fused-ring (bicyclic) bond motifs is 3. The van der Waals surface area contributed by atoms with Crippen LogP contribution in [0, 0.1) is 5.92 Å². The second-order valence-corrected chi connectivity index (χ2v) is 7.48. The molecule has 1 aromatic carbocycles. The lowest BCUT2D eigenvalue weighted by Crippen LogP contribution is -2.55. The molecule has 0 amide bonds. The molecule has 1 N–H and O–H groups in total. The Balaban J connectivity index is 1.69. The number of ether oxygens (including phenoxy) is 1. The van der Waals surface area contributed by atoms with Crippen LogP contribution < -0.4 is 10.1 Å². The Morgan fingerprint density at radius 2 is 2.05 bits per heavy atom. The minimum Gasteiger partial charge on any atom is -0.495 e. The van der Waals surface area contributed by atoms with Crippen LogP contribution in [0.25, 0.3) is 0 Å². The Labute approximate surface area is 137 Å². The third-order valence-corrected chi connectivity index (χ3v) is 5.55. The summed E-state index contributed by atoms with van der Waals surface area (Å²) in [5.74, 6) is 1.78. The van der Waals surface area contributed by atoms with E-state index in [0.717, 1.165) is 27.2 Å². The standard InChI is InChI=1S/C15H20Br2N2O/c1-20-15-11(6-12(16)7-13(15)17)8-18-14-9-19-4-2-10(14)3-5-19/h6-7,10,14,18H,2-5,8-9H2,1H3. The molecule has 0 spiro atoms. The van der Waals surface area contributed by atoms with Crippen LogP contribution in [0.3, 0.4) is 0 Å². The molecule has 4 rings (SSSR count). The second-order valence-electron chi connectivity index (χ2n) is 5.71. The molecular weight excluding hydrogens is 384 g/mol. The van der Waals surface area contributed by atoms with Gasteiger partial charge in [-0.3, -0.25) is 0 Å². The summed E-state index contributed by atoms with van der Waals surface area (Å²) >= 11 is 7.12. The van der Waals surface area contributed by atoms with Crippen LogP contribution in [-0.4, -0.2) is 37.7 Å². The summed E-state index contributed by atoms with van der Waals surface area (Å²) in [6.45, 7) is 4.63. The summed E-state index contributed by atoms with van der Waals surface area (Å²) < 4.78 is 7.59. The number of rotatable bonds is 4. The topological polar surface area (TPSA) is 24.5 Å². The molecule has 0 saturated carbocycles. The Morgan fingerprint density at radius 3 is 2.65 bits per heavy atom. The van der Waals surface area contributed by atoms with Gasteiger partial charge < -0.3 is 15.0 Å². The minimum atomic E-state index is 0.625. The molecule has 3 heterocycles.